The Hall–Kier alpha value is -3.06. The minimum absolute atomic E-state index is 0.0446. The van der Waals surface area contributed by atoms with Gasteiger partial charge in [0.1, 0.15) is 17.3 Å². The number of hydrogen-bond acceptors (Lipinski definition) is 4. The first-order valence-electron chi connectivity index (χ1n) is 9.78. The predicted octanol–water partition coefficient (Wildman–Crippen LogP) is 5.42. The summed E-state index contributed by atoms with van der Waals surface area (Å²) in [6.07, 6.45) is 0. The molecule has 0 bridgehead atoms. The third-order valence-corrected chi connectivity index (χ3v) is 7.26. The van der Waals surface area contributed by atoms with Crippen molar-refractivity contribution in [3.8, 4) is 11.5 Å². The number of hydrogen-bond donors (Lipinski definition) is 0. The van der Waals surface area contributed by atoms with Gasteiger partial charge in [0.05, 0.1) is 30.8 Å². The topological polar surface area (TPSA) is 55.8 Å². The molecule has 0 spiro atoms. The Morgan fingerprint density at radius 1 is 0.903 bits per heavy atom. The van der Waals surface area contributed by atoms with E-state index in [1.807, 2.05) is 19.1 Å². The van der Waals surface area contributed by atoms with Crippen LogP contribution < -0.4 is 13.8 Å². The molecule has 5 nitrogen and oxygen atoms in total. The van der Waals surface area contributed by atoms with Crippen LogP contribution >= 0.6 is 0 Å². The zero-order chi connectivity index (χ0) is 22.8. The summed E-state index contributed by atoms with van der Waals surface area (Å²) in [5, 5.41) is 0. The third kappa shape index (κ3) is 4.51. The highest BCUT2D eigenvalue weighted by molar-refractivity contribution is 7.92. The second kappa shape index (κ2) is 8.98. The minimum Gasteiger partial charge on any atom is -0.497 e. The molecule has 0 N–H and O–H groups in total. The lowest BCUT2D eigenvalue weighted by atomic mass is 10.1. The Morgan fingerprint density at radius 2 is 1.58 bits per heavy atom. The molecule has 3 rings (SSSR count). The summed E-state index contributed by atoms with van der Waals surface area (Å²) in [6, 6.07) is 15.5. The molecule has 0 aliphatic carbocycles. The first-order chi connectivity index (χ1) is 14.7. The van der Waals surface area contributed by atoms with Gasteiger partial charge < -0.3 is 9.47 Å². The number of sulfonamides is 1. The summed E-state index contributed by atoms with van der Waals surface area (Å²) < 4.78 is 53.6. The lowest BCUT2D eigenvalue weighted by molar-refractivity contribution is 0.396. The summed E-state index contributed by atoms with van der Waals surface area (Å²) in [4.78, 5) is 0.0446. The molecule has 31 heavy (non-hydrogen) atoms. The Kier molecular flexibility index (Phi) is 6.55. The van der Waals surface area contributed by atoms with Gasteiger partial charge in [0.2, 0.25) is 0 Å². The number of halogens is 1. The molecule has 0 fully saturated rings. The van der Waals surface area contributed by atoms with Gasteiger partial charge in [-0.3, -0.25) is 4.31 Å². The van der Waals surface area contributed by atoms with Crippen molar-refractivity contribution in [3.63, 3.8) is 0 Å². The average Bonchev–Trinajstić information content (AvgIpc) is 2.74. The van der Waals surface area contributed by atoms with Crippen LogP contribution in [0.15, 0.2) is 65.6 Å². The molecule has 0 saturated carbocycles. The summed E-state index contributed by atoms with van der Waals surface area (Å²) in [5.41, 5.74) is 2.48. The second-order valence-electron chi connectivity index (χ2n) is 7.33. The van der Waals surface area contributed by atoms with Crippen molar-refractivity contribution in [2.24, 2.45) is 0 Å². The van der Waals surface area contributed by atoms with E-state index < -0.39 is 21.9 Å². The minimum atomic E-state index is -4.04. The molecule has 0 unspecified atom stereocenters. The zero-order valence-corrected chi connectivity index (χ0v) is 19.0. The summed E-state index contributed by atoms with van der Waals surface area (Å²) in [6.45, 7) is 5.30. The average molecular weight is 444 g/mol. The molecular weight excluding hydrogens is 417 g/mol. The molecule has 0 heterocycles. The summed E-state index contributed by atoms with van der Waals surface area (Å²) in [5.74, 6) is 0.638. The number of rotatable bonds is 7. The standard InChI is InChI=1S/C24H26FNO4S/c1-16-6-9-20(10-7-16)26(31(27,28)24-13-8-19(25)14-17(24)2)18(3)22-15-21(29-4)11-12-23(22)30-5/h6-15,18H,1-5H3/t18-/m0/s1. The molecule has 7 heteroatoms. The lowest BCUT2D eigenvalue weighted by Gasteiger charge is -2.32. The van der Waals surface area contributed by atoms with Crippen molar-refractivity contribution >= 4 is 15.7 Å². The molecule has 1 atom stereocenters. The highest BCUT2D eigenvalue weighted by atomic mass is 32.2. The fourth-order valence-electron chi connectivity index (χ4n) is 3.56. The number of benzene rings is 3. The molecule has 164 valence electrons. The van der Waals surface area contributed by atoms with E-state index in [1.54, 1.807) is 51.3 Å². The maximum Gasteiger partial charge on any atom is 0.265 e. The molecule has 0 aliphatic rings. The van der Waals surface area contributed by atoms with E-state index in [4.69, 9.17) is 9.47 Å². The largest absolute Gasteiger partial charge is 0.497 e. The maximum absolute atomic E-state index is 13.9. The van der Waals surface area contributed by atoms with Gasteiger partial charge in [-0.05, 0) is 74.9 Å². The van der Waals surface area contributed by atoms with Gasteiger partial charge in [-0.25, -0.2) is 12.8 Å². The third-order valence-electron chi connectivity index (χ3n) is 5.20. The van der Waals surface area contributed by atoms with E-state index >= 15 is 0 Å². The van der Waals surface area contributed by atoms with Gasteiger partial charge in [-0.2, -0.15) is 0 Å². The number of methoxy groups -OCH3 is 2. The zero-order valence-electron chi connectivity index (χ0n) is 18.2. The molecule has 0 radical (unpaired) electrons. The Balaban J connectivity index is 2.24. The van der Waals surface area contributed by atoms with Gasteiger partial charge in [-0.1, -0.05) is 17.7 Å². The Bertz CT molecular complexity index is 1180. The smallest absolute Gasteiger partial charge is 0.265 e. The van der Waals surface area contributed by atoms with Crippen LogP contribution in [0.3, 0.4) is 0 Å². The normalized spacial score (nSPS) is 12.3. The van der Waals surface area contributed by atoms with Crippen molar-refractivity contribution in [1.82, 2.24) is 0 Å². The fourth-order valence-corrected chi connectivity index (χ4v) is 5.41. The molecule has 0 aromatic heterocycles. The van der Waals surface area contributed by atoms with Gasteiger partial charge >= 0.3 is 0 Å². The van der Waals surface area contributed by atoms with Crippen LogP contribution in [0.5, 0.6) is 11.5 Å². The molecular formula is C24H26FNO4S. The first-order valence-corrected chi connectivity index (χ1v) is 11.2. The van der Waals surface area contributed by atoms with Crippen molar-refractivity contribution < 1.29 is 22.3 Å². The van der Waals surface area contributed by atoms with Gasteiger partial charge in [-0.15, -0.1) is 0 Å². The molecule has 0 aliphatic heterocycles. The number of nitrogens with zero attached hydrogens (tertiary/aromatic N) is 1. The van der Waals surface area contributed by atoms with E-state index in [-0.39, 0.29) is 4.90 Å². The first kappa shape index (κ1) is 22.6. The second-order valence-corrected chi connectivity index (χ2v) is 9.11. The van der Waals surface area contributed by atoms with E-state index in [9.17, 15) is 12.8 Å². The summed E-state index contributed by atoms with van der Waals surface area (Å²) in [7, 11) is -0.953. The van der Waals surface area contributed by atoms with E-state index in [0.717, 1.165) is 11.6 Å². The quantitative estimate of drug-likeness (QED) is 0.490. The van der Waals surface area contributed by atoms with Gasteiger partial charge in [0.15, 0.2) is 0 Å². The predicted molar refractivity (Wildman–Crippen MR) is 120 cm³/mol. The van der Waals surface area contributed by atoms with Crippen LogP contribution in [-0.2, 0) is 10.0 Å². The number of ether oxygens (including phenoxy) is 2. The van der Waals surface area contributed by atoms with E-state index in [2.05, 4.69) is 0 Å². The molecule has 0 saturated heterocycles. The molecule has 0 amide bonds. The van der Waals surface area contributed by atoms with Crippen LogP contribution in [0, 0.1) is 19.7 Å². The molecule has 3 aromatic rings. The lowest BCUT2D eigenvalue weighted by Crippen LogP contribution is -2.34. The van der Waals surface area contributed by atoms with Crippen molar-refractivity contribution in [2.45, 2.75) is 31.7 Å². The van der Waals surface area contributed by atoms with Crippen LogP contribution in [0.25, 0.3) is 0 Å². The van der Waals surface area contributed by atoms with Crippen molar-refractivity contribution in [3.05, 3.63) is 83.2 Å². The Morgan fingerprint density at radius 3 is 2.16 bits per heavy atom. The van der Waals surface area contributed by atoms with Crippen LogP contribution in [0.1, 0.15) is 29.7 Å². The van der Waals surface area contributed by atoms with Crippen molar-refractivity contribution in [2.75, 3.05) is 18.5 Å². The summed E-state index contributed by atoms with van der Waals surface area (Å²) >= 11 is 0. The van der Waals surface area contributed by atoms with Crippen molar-refractivity contribution in [1.29, 1.82) is 0 Å². The van der Waals surface area contributed by atoms with Gasteiger partial charge in [0.25, 0.3) is 10.0 Å². The maximum atomic E-state index is 13.9. The number of anilines is 1. The van der Waals surface area contributed by atoms with Crippen LogP contribution in [0.2, 0.25) is 0 Å². The van der Waals surface area contributed by atoms with Crippen LogP contribution in [0.4, 0.5) is 10.1 Å². The fraction of sp³-hybridized carbons (Fsp3) is 0.250. The van der Waals surface area contributed by atoms with Gasteiger partial charge in [0, 0.05) is 5.56 Å². The molecule has 3 aromatic carbocycles. The highest BCUT2D eigenvalue weighted by Crippen LogP contribution is 2.39. The van der Waals surface area contributed by atoms with E-state index in [0.29, 0.717) is 28.3 Å². The number of aryl methyl sites for hydroxylation is 2. The van der Waals surface area contributed by atoms with Crippen LogP contribution in [-0.4, -0.2) is 22.6 Å². The highest BCUT2D eigenvalue weighted by Gasteiger charge is 2.33. The van der Waals surface area contributed by atoms with E-state index in [1.165, 1.54) is 23.5 Å². The Labute approximate surface area is 183 Å². The monoisotopic (exact) mass is 443 g/mol. The SMILES string of the molecule is COc1ccc(OC)c([C@H](C)N(c2ccc(C)cc2)S(=O)(=O)c2ccc(F)cc2C)c1.